The third-order valence-corrected chi connectivity index (χ3v) is 5.36. The van der Waals surface area contributed by atoms with Crippen molar-refractivity contribution in [2.24, 2.45) is 0 Å². The lowest BCUT2D eigenvalue weighted by Gasteiger charge is -2.07. The van der Waals surface area contributed by atoms with Gasteiger partial charge >= 0.3 is 0 Å². The summed E-state index contributed by atoms with van der Waals surface area (Å²) in [4.78, 5) is 13.2. The molecule has 1 N–H and O–H groups in total. The number of hydrogen-bond donors (Lipinski definition) is 1. The maximum Gasteiger partial charge on any atom is 0.265 e. The number of amides is 1. The van der Waals surface area contributed by atoms with Crippen molar-refractivity contribution in [3.8, 4) is 5.69 Å². The predicted octanol–water partition coefficient (Wildman–Crippen LogP) is 3.85. The average Bonchev–Trinajstić information content (AvgIpc) is 3.28. The number of fused-ring (bicyclic) bond motifs is 1. The van der Waals surface area contributed by atoms with E-state index in [1.54, 1.807) is 4.68 Å². The number of tetrazole rings is 1. The zero-order valence-corrected chi connectivity index (χ0v) is 14.8. The summed E-state index contributed by atoms with van der Waals surface area (Å²) in [5.74, 6) is -0.125. The summed E-state index contributed by atoms with van der Waals surface area (Å²) in [5, 5.41) is 16.3. The number of benzene rings is 2. The van der Waals surface area contributed by atoms with E-state index in [0.717, 1.165) is 15.8 Å². The lowest BCUT2D eigenvalue weighted by atomic mass is 10.2. The Hall–Kier alpha value is -2.71. The third-order valence-electron chi connectivity index (χ3n) is 3.62. The predicted molar refractivity (Wildman–Crippen MR) is 101 cm³/mol. The SMILES string of the molecule is CSc1nnnn1-c1cccc(NC(=O)c2cc3ccccc3s2)c1. The monoisotopic (exact) mass is 367 g/mol. The molecule has 2 heterocycles. The molecule has 4 aromatic rings. The Morgan fingerprint density at radius 2 is 2.04 bits per heavy atom. The molecule has 8 heteroatoms. The van der Waals surface area contributed by atoms with Crippen LogP contribution in [0.15, 0.2) is 59.8 Å². The molecule has 1 amide bonds. The highest BCUT2D eigenvalue weighted by Crippen LogP contribution is 2.26. The van der Waals surface area contributed by atoms with Crippen LogP contribution in [-0.4, -0.2) is 32.4 Å². The molecule has 0 spiro atoms. The van der Waals surface area contributed by atoms with Crippen LogP contribution in [0.3, 0.4) is 0 Å². The van der Waals surface area contributed by atoms with Gasteiger partial charge in [-0.2, -0.15) is 4.68 Å². The molecule has 0 radical (unpaired) electrons. The fourth-order valence-electron chi connectivity index (χ4n) is 2.47. The number of anilines is 1. The number of nitrogens with one attached hydrogen (secondary N) is 1. The summed E-state index contributed by atoms with van der Waals surface area (Å²) in [6, 6.07) is 17.3. The van der Waals surface area contributed by atoms with Crippen LogP contribution in [0.25, 0.3) is 15.8 Å². The molecule has 0 aliphatic heterocycles. The van der Waals surface area contributed by atoms with Gasteiger partial charge in [0.05, 0.1) is 10.6 Å². The van der Waals surface area contributed by atoms with E-state index in [9.17, 15) is 4.79 Å². The summed E-state index contributed by atoms with van der Waals surface area (Å²) in [6.45, 7) is 0. The summed E-state index contributed by atoms with van der Waals surface area (Å²) in [7, 11) is 0. The first-order valence-electron chi connectivity index (χ1n) is 7.47. The summed E-state index contributed by atoms with van der Waals surface area (Å²) in [6.07, 6.45) is 1.91. The smallest absolute Gasteiger partial charge is 0.265 e. The molecule has 124 valence electrons. The Balaban J connectivity index is 1.60. The zero-order chi connectivity index (χ0) is 17.2. The topological polar surface area (TPSA) is 72.7 Å². The molecule has 6 nitrogen and oxygen atoms in total. The van der Waals surface area contributed by atoms with E-state index in [4.69, 9.17) is 0 Å². The molecule has 0 aliphatic rings. The van der Waals surface area contributed by atoms with Crippen LogP contribution >= 0.6 is 23.1 Å². The minimum atomic E-state index is -0.125. The van der Waals surface area contributed by atoms with Gasteiger partial charge < -0.3 is 5.32 Å². The van der Waals surface area contributed by atoms with Crippen molar-refractivity contribution in [2.45, 2.75) is 5.16 Å². The number of aromatic nitrogens is 4. The van der Waals surface area contributed by atoms with Gasteiger partial charge in [-0.3, -0.25) is 4.79 Å². The second-order valence-electron chi connectivity index (χ2n) is 5.23. The molecule has 2 aromatic heterocycles. The Morgan fingerprint density at radius 1 is 1.16 bits per heavy atom. The first-order chi connectivity index (χ1) is 12.2. The van der Waals surface area contributed by atoms with Crippen molar-refractivity contribution < 1.29 is 4.79 Å². The van der Waals surface area contributed by atoms with Gasteiger partial charge in [0.1, 0.15) is 0 Å². The highest BCUT2D eigenvalue weighted by molar-refractivity contribution is 7.98. The molecule has 0 unspecified atom stereocenters. The number of nitrogens with zero attached hydrogens (tertiary/aromatic N) is 4. The van der Waals surface area contributed by atoms with Crippen molar-refractivity contribution in [3.05, 3.63) is 59.5 Å². The van der Waals surface area contributed by atoms with Crippen molar-refractivity contribution in [3.63, 3.8) is 0 Å². The minimum absolute atomic E-state index is 0.125. The molecule has 2 aromatic carbocycles. The Labute approximate surface area is 151 Å². The number of hydrogen-bond acceptors (Lipinski definition) is 6. The molecule has 0 atom stereocenters. The molecule has 0 saturated carbocycles. The molecule has 0 bridgehead atoms. The average molecular weight is 367 g/mol. The largest absolute Gasteiger partial charge is 0.321 e. The fraction of sp³-hybridized carbons (Fsp3) is 0.0588. The van der Waals surface area contributed by atoms with Gasteiger partial charge in [0.25, 0.3) is 5.91 Å². The van der Waals surface area contributed by atoms with E-state index < -0.39 is 0 Å². The van der Waals surface area contributed by atoms with Gasteiger partial charge in [0, 0.05) is 10.4 Å². The van der Waals surface area contributed by atoms with Crippen LogP contribution in [0.5, 0.6) is 0 Å². The van der Waals surface area contributed by atoms with Gasteiger partial charge in [0.15, 0.2) is 0 Å². The highest BCUT2D eigenvalue weighted by atomic mass is 32.2. The van der Waals surface area contributed by atoms with Crippen LogP contribution in [-0.2, 0) is 0 Å². The summed E-state index contributed by atoms with van der Waals surface area (Å²) >= 11 is 2.94. The van der Waals surface area contributed by atoms with Crippen LogP contribution in [0.1, 0.15) is 9.67 Å². The Bertz CT molecular complexity index is 1020. The van der Waals surface area contributed by atoms with E-state index in [-0.39, 0.29) is 5.91 Å². The van der Waals surface area contributed by atoms with Crippen LogP contribution in [0, 0.1) is 0 Å². The van der Waals surface area contributed by atoms with Crippen molar-refractivity contribution >= 4 is 44.8 Å². The first kappa shape index (κ1) is 15.8. The standard InChI is InChI=1S/C17H13N5OS2/c1-24-17-19-20-21-22(17)13-7-4-6-12(10-13)18-16(23)15-9-11-5-2-3-8-14(11)25-15/h2-10H,1H3,(H,18,23). The van der Waals surface area contributed by atoms with Crippen LogP contribution in [0.4, 0.5) is 5.69 Å². The van der Waals surface area contributed by atoms with Gasteiger partial charge in [-0.15, -0.1) is 16.4 Å². The normalized spacial score (nSPS) is 10.9. The van der Waals surface area contributed by atoms with Crippen molar-refractivity contribution in [1.29, 1.82) is 0 Å². The van der Waals surface area contributed by atoms with E-state index in [2.05, 4.69) is 20.8 Å². The number of thiophene rings is 1. The summed E-state index contributed by atoms with van der Waals surface area (Å²) < 4.78 is 2.74. The van der Waals surface area contributed by atoms with Crippen molar-refractivity contribution in [1.82, 2.24) is 20.2 Å². The number of rotatable bonds is 4. The lowest BCUT2D eigenvalue weighted by Crippen LogP contribution is -2.10. The Kier molecular flexibility index (Phi) is 4.21. The van der Waals surface area contributed by atoms with E-state index in [0.29, 0.717) is 15.7 Å². The second kappa shape index (κ2) is 6.66. The second-order valence-corrected chi connectivity index (χ2v) is 7.09. The van der Waals surface area contributed by atoms with Crippen molar-refractivity contribution in [2.75, 3.05) is 11.6 Å². The van der Waals surface area contributed by atoms with E-state index >= 15 is 0 Å². The first-order valence-corrected chi connectivity index (χ1v) is 9.51. The maximum atomic E-state index is 12.6. The highest BCUT2D eigenvalue weighted by Gasteiger charge is 2.12. The molecule has 4 rings (SSSR count). The van der Waals surface area contributed by atoms with Crippen LogP contribution < -0.4 is 5.32 Å². The summed E-state index contributed by atoms with van der Waals surface area (Å²) in [5.41, 5.74) is 1.49. The maximum absolute atomic E-state index is 12.6. The van der Waals surface area contributed by atoms with E-state index in [1.165, 1.54) is 23.1 Å². The van der Waals surface area contributed by atoms with Gasteiger partial charge in [0.2, 0.25) is 5.16 Å². The van der Waals surface area contributed by atoms with Gasteiger partial charge in [-0.05, 0) is 52.4 Å². The lowest BCUT2D eigenvalue weighted by molar-refractivity contribution is 0.103. The van der Waals surface area contributed by atoms with Crippen LogP contribution in [0.2, 0.25) is 0 Å². The molecule has 0 saturated heterocycles. The zero-order valence-electron chi connectivity index (χ0n) is 13.2. The third kappa shape index (κ3) is 3.13. The number of thioether (sulfide) groups is 1. The number of carbonyl (C=O) groups excluding carboxylic acids is 1. The van der Waals surface area contributed by atoms with Gasteiger partial charge in [-0.1, -0.05) is 36.0 Å². The minimum Gasteiger partial charge on any atom is -0.321 e. The molecular formula is C17H13N5OS2. The Morgan fingerprint density at radius 3 is 2.88 bits per heavy atom. The molecule has 0 fully saturated rings. The molecule has 25 heavy (non-hydrogen) atoms. The van der Waals surface area contributed by atoms with E-state index in [1.807, 2.05) is 60.9 Å². The molecule has 0 aliphatic carbocycles. The number of carbonyl (C=O) groups is 1. The fourth-order valence-corrected chi connectivity index (χ4v) is 3.86. The van der Waals surface area contributed by atoms with Gasteiger partial charge in [-0.25, -0.2) is 0 Å². The molecular weight excluding hydrogens is 354 g/mol. The quantitative estimate of drug-likeness (QED) is 0.555.